The molecule has 1 rings (SSSR count). The second-order valence-electron chi connectivity index (χ2n) is 2.39. The van der Waals surface area contributed by atoms with Crippen LogP contribution >= 0.6 is 11.3 Å². The van der Waals surface area contributed by atoms with E-state index in [0.717, 1.165) is 0 Å². The molecule has 0 aliphatic rings. The molecule has 0 radical (unpaired) electrons. The standard InChI is InChI=1S/C10H8N2O2S/c1-2-14-10(13)9-8(15-7-12-9)5-3-4-6-11/h7H,2,4H2,1H3. The molecule has 15 heavy (non-hydrogen) atoms. The first-order chi connectivity index (χ1) is 7.29. The molecule has 0 spiro atoms. The fourth-order valence-corrected chi connectivity index (χ4v) is 1.49. The highest BCUT2D eigenvalue weighted by Crippen LogP contribution is 2.12. The zero-order chi connectivity index (χ0) is 11.1. The van der Waals surface area contributed by atoms with Gasteiger partial charge in [0.05, 0.1) is 24.6 Å². The number of hydrogen-bond donors (Lipinski definition) is 0. The summed E-state index contributed by atoms with van der Waals surface area (Å²) in [6.45, 7) is 2.03. The summed E-state index contributed by atoms with van der Waals surface area (Å²) in [4.78, 5) is 15.8. The van der Waals surface area contributed by atoms with Gasteiger partial charge in [0.2, 0.25) is 0 Å². The third-order valence-corrected chi connectivity index (χ3v) is 2.15. The van der Waals surface area contributed by atoms with Gasteiger partial charge in [-0.2, -0.15) is 5.26 Å². The summed E-state index contributed by atoms with van der Waals surface area (Å²) >= 11 is 1.26. The molecule has 0 atom stereocenters. The normalized spacial score (nSPS) is 8.53. The lowest BCUT2D eigenvalue weighted by atomic mass is 10.3. The van der Waals surface area contributed by atoms with Crippen LogP contribution in [0, 0.1) is 23.2 Å². The molecule has 0 saturated carbocycles. The number of esters is 1. The first kappa shape index (κ1) is 11.2. The number of carbonyl (C=O) groups is 1. The summed E-state index contributed by atoms with van der Waals surface area (Å²) in [5.41, 5.74) is 1.76. The van der Waals surface area contributed by atoms with Crippen molar-refractivity contribution in [1.82, 2.24) is 4.98 Å². The Kier molecular flexibility index (Phi) is 4.33. The number of nitrogens with zero attached hydrogens (tertiary/aromatic N) is 2. The van der Waals surface area contributed by atoms with Crippen LogP contribution in [0.15, 0.2) is 5.51 Å². The van der Waals surface area contributed by atoms with Gasteiger partial charge in [-0.05, 0) is 6.92 Å². The van der Waals surface area contributed by atoms with Gasteiger partial charge in [0.25, 0.3) is 0 Å². The van der Waals surface area contributed by atoms with Crippen LogP contribution in [0.4, 0.5) is 0 Å². The van der Waals surface area contributed by atoms with Crippen molar-refractivity contribution in [3.63, 3.8) is 0 Å². The molecule has 0 aromatic carbocycles. The Hall–Kier alpha value is -1.85. The molecule has 1 heterocycles. The molecule has 5 heteroatoms. The van der Waals surface area contributed by atoms with Crippen molar-refractivity contribution in [1.29, 1.82) is 5.26 Å². The number of hydrogen-bond acceptors (Lipinski definition) is 5. The van der Waals surface area contributed by atoms with Gasteiger partial charge in [-0.25, -0.2) is 9.78 Å². The quantitative estimate of drug-likeness (QED) is 0.560. The third kappa shape index (κ3) is 3.08. The Labute approximate surface area is 91.5 Å². The minimum Gasteiger partial charge on any atom is -0.461 e. The minimum atomic E-state index is -0.472. The highest BCUT2D eigenvalue weighted by atomic mass is 32.1. The van der Waals surface area contributed by atoms with E-state index in [1.807, 2.05) is 6.07 Å². The molecule has 0 saturated heterocycles. The lowest BCUT2D eigenvalue weighted by Gasteiger charge is -1.97. The number of thiazole rings is 1. The maximum absolute atomic E-state index is 11.3. The third-order valence-electron chi connectivity index (χ3n) is 1.41. The highest BCUT2D eigenvalue weighted by Gasteiger charge is 2.13. The van der Waals surface area contributed by atoms with E-state index in [1.54, 1.807) is 6.92 Å². The molecule has 1 aromatic heterocycles. The smallest absolute Gasteiger partial charge is 0.359 e. The van der Waals surface area contributed by atoms with Gasteiger partial charge in [-0.15, -0.1) is 11.3 Å². The number of carbonyl (C=O) groups excluding carboxylic acids is 1. The zero-order valence-electron chi connectivity index (χ0n) is 8.11. The van der Waals surface area contributed by atoms with E-state index in [9.17, 15) is 4.79 Å². The Morgan fingerprint density at radius 2 is 2.53 bits per heavy atom. The molecule has 1 aromatic rings. The summed E-state index contributed by atoms with van der Waals surface area (Å²) in [5, 5.41) is 8.30. The van der Waals surface area contributed by atoms with Crippen molar-refractivity contribution in [2.45, 2.75) is 13.3 Å². The van der Waals surface area contributed by atoms with Crippen LogP contribution in [-0.2, 0) is 4.74 Å². The second kappa shape index (κ2) is 5.79. The summed E-state index contributed by atoms with van der Waals surface area (Å²) in [5.74, 6) is 4.87. The number of nitriles is 1. The molecule has 0 unspecified atom stereocenters. The molecule has 0 bridgehead atoms. The van der Waals surface area contributed by atoms with Gasteiger partial charge in [-0.3, -0.25) is 0 Å². The van der Waals surface area contributed by atoms with Crippen molar-refractivity contribution in [2.75, 3.05) is 6.61 Å². The van der Waals surface area contributed by atoms with Gasteiger partial charge in [-0.1, -0.05) is 11.8 Å². The summed E-state index contributed by atoms with van der Waals surface area (Å²) < 4.78 is 4.81. The minimum absolute atomic E-state index is 0.139. The average Bonchev–Trinajstić information content (AvgIpc) is 2.67. The van der Waals surface area contributed by atoms with Crippen LogP contribution in [0.2, 0.25) is 0 Å². The molecule has 4 nitrogen and oxygen atoms in total. The SMILES string of the molecule is CCOC(=O)c1ncsc1C#CCC#N. The largest absolute Gasteiger partial charge is 0.461 e. The van der Waals surface area contributed by atoms with Crippen LogP contribution in [0.1, 0.15) is 28.7 Å². The Bertz CT molecular complexity index is 448. The fourth-order valence-electron chi connectivity index (χ4n) is 0.844. The molecule has 0 amide bonds. The lowest BCUT2D eigenvalue weighted by Crippen LogP contribution is -2.06. The number of aromatic nitrogens is 1. The van der Waals surface area contributed by atoms with Crippen molar-refractivity contribution in [2.24, 2.45) is 0 Å². The Morgan fingerprint density at radius 1 is 1.73 bits per heavy atom. The van der Waals surface area contributed by atoms with E-state index < -0.39 is 5.97 Å². The monoisotopic (exact) mass is 220 g/mol. The van der Waals surface area contributed by atoms with Crippen molar-refractivity contribution < 1.29 is 9.53 Å². The zero-order valence-corrected chi connectivity index (χ0v) is 8.93. The van der Waals surface area contributed by atoms with E-state index in [1.165, 1.54) is 16.8 Å². The van der Waals surface area contributed by atoms with E-state index in [2.05, 4.69) is 16.8 Å². The predicted molar refractivity (Wildman–Crippen MR) is 55.2 cm³/mol. The lowest BCUT2D eigenvalue weighted by molar-refractivity contribution is 0.0520. The van der Waals surface area contributed by atoms with Crippen LogP contribution in [0.25, 0.3) is 0 Å². The van der Waals surface area contributed by atoms with E-state index in [4.69, 9.17) is 10.00 Å². The topological polar surface area (TPSA) is 63.0 Å². The van der Waals surface area contributed by atoms with E-state index in [0.29, 0.717) is 11.5 Å². The molecule has 0 fully saturated rings. The van der Waals surface area contributed by atoms with Gasteiger partial charge < -0.3 is 4.74 Å². The first-order valence-corrected chi connectivity index (χ1v) is 5.14. The summed E-state index contributed by atoms with van der Waals surface area (Å²) in [6.07, 6.45) is 0.139. The van der Waals surface area contributed by atoms with Gasteiger partial charge in [0.15, 0.2) is 5.69 Å². The molecule has 0 aliphatic carbocycles. The van der Waals surface area contributed by atoms with Crippen LogP contribution < -0.4 is 0 Å². The van der Waals surface area contributed by atoms with E-state index >= 15 is 0 Å². The fraction of sp³-hybridized carbons (Fsp3) is 0.300. The van der Waals surface area contributed by atoms with Crippen LogP contribution in [0.3, 0.4) is 0 Å². The first-order valence-electron chi connectivity index (χ1n) is 4.26. The second-order valence-corrected chi connectivity index (χ2v) is 3.24. The average molecular weight is 220 g/mol. The molecule has 76 valence electrons. The highest BCUT2D eigenvalue weighted by molar-refractivity contribution is 7.10. The molecular formula is C10H8N2O2S. The van der Waals surface area contributed by atoms with Gasteiger partial charge in [0.1, 0.15) is 4.88 Å². The predicted octanol–water partition coefficient (Wildman–Crippen LogP) is 1.58. The Morgan fingerprint density at radius 3 is 3.20 bits per heavy atom. The molecular weight excluding hydrogens is 212 g/mol. The van der Waals surface area contributed by atoms with Gasteiger partial charge in [0, 0.05) is 0 Å². The number of ether oxygens (including phenoxy) is 1. The van der Waals surface area contributed by atoms with Crippen molar-refractivity contribution >= 4 is 17.3 Å². The van der Waals surface area contributed by atoms with Crippen molar-refractivity contribution in [3.8, 4) is 17.9 Å². The van der Waals surface area contributed by atoms with Crippen LogP contribution in [-0.4, -0.2) is 17.6 Å². The maximum Gasteiger partial charge on any atom is 0.359 e. The van der Waals surface area contributed by atoms with Crippen molar-refractivity contribution in [3.05, 3.63) is 16.1 Å². The van der Waals surface area contributed by atoms with Gasteiger partial charge >= 0.3 is 5.97 Å². The van der Waals surface area contributed by atoms with Crippen LogP contribution in [0.5, 0.6) is 0 Å². The molecule has 0 N–H and O–H groups in total. The molecule has 0 aliphatic heterocycles. The summed E-state index contributed by atoms with van der Waals surface area (Å²) in [7, 11) is 0. The summed E-state index contributed by atoms with van der Waals surface area (Å²) in [6, 6.07) is 1.90. The number of rotatable bonds is 2. The maximum atomic E-state index is 11.3. The van der Waals surface area contributed by atoms with E-state index in [-0.39, 0.29) is 12.1 Å². The Balaban J connectivity index is 2.84.